The summed E-state index contributed by atoms with van der Waals surface area (Å²) in [5.74, 6) is 1.21. The minimum absolute atomic E-state index is 0.0550. The molecule has 2 heterocycles. The van der Waals surface area contributed by atoms with Crippen molar-refractivity contribution < 1.29 is 4.79 Å². The van der Waals surface area contributed by atoms with Crippen molar-refractivity contribution in [2.45, 2.75) is 26.8 Å². The summed E-state index contributed by atoms with van der Waals surface area (Å²) in [7, 11) is 0. The van der Waals surface area contributed by atoms with Crippen LogP contribution < -0.4 is 5.73 Å². The van der Waals surface area contributed by atoms with Gasteiger partial charge < -0.3 is 10.6 Å². The quantitative estimate of drug-likeness (QED) is 0.873. The van der Waals surface area contributed by atoms with Crippen LogP contribution in [0.25, 0.3) is 0 Å². The molecule has 1 aromatic heterocycles. The molecule has 2 rings (SSSR count). The number of carbonyl (C=O) groups excluding carboxylic acids is 1. The van der Waals surface area contributed by atoms with Crippen LogP contribution in [0, 0.1) is 11.8 Å². The first kappa shape index (κ1) is 12.5. The van der Waals surface area contributed by atoms with E-state index in [1.165, 1.54) is 17.8 Å². The van der Waals surface area contributed by atoms with Gasteiger partial charge in [-0.25, -0.2) is 4.98 Å². The van der Waals surface area contributed by atoms with E-state index in [2.05, 4.69) is 18.8 Å². The van der Waals surface area contributed by atoms with Crippen molar-refractivity contribution in [1.82, 2.24) is 9.88 Å². The number of aromatic nitrogens is 1. The lowest BCUT2D eigenvalue weighted by molar-refractivity contribution is 0.0618. The first-order chi connectivity index (χ1) is 8.10. The van der Waals surface area contributed by atoms with E-state index in [1.54, 1.807) is 0 Å². The molecular weight excluding hydrogens is 234 g/mol. The van der Waals surface area contributed by atoms with Crippen LogP contribution in [0.15, 0.2) is 5.38 Å². The molecule has 1 aliphatic rings. The van der Waals surface area contributed by atoms with Crippen LogP contribution >= 0.6 is 11.3 Å². The summed E-state index contributed by atoms with van der Waals surface area (Å²) in [5.41, 5.74) is 6.06. The molecule has 2 unspecified atom stereocenters. The van der Waals surface area contributed by atoms with E-state index >= 15 is 0 Å². The topological polar surface area (TPSA) is 59.2 Å². The molecule has 0 spiro atoms. The smallest absolute Gasteiger partial charge is 0.273 e. The van der Waals surface area contributed by atoms with Crippen molar-refractivity contribution in [3.8, 4) is 0 Å². The Morgan fingerprint density at radius 1 is 1.53 bits per heavy atom. The molecule has 2 N–H and O–H groups in total. The number of hydrogen-bond acceptors (Lipinski definition) is 4. The molecule has 1 fully saturated rings. The van der Waals surface area contributed by atoms with Crippen LogP contribution in [0.2, 0.25) is 0 Å². The van der Waals surface area contributed by atoms with Gasteiger partial charge in [0.15, 0.2) is 0 Å². The Bertz CT molecular complexity index is 394. The van der Waals surface area contributed by atoms with Gasteiger partial charge in [-0.2, -0.15) is 0 Å². The lowest BCUT2D eigenvalue weighted by Gasteiger charge is -2.34. The van der Waals surface area contributed by atoms with Gasteiger partial charge in [0.2, 0.25) is 0 Å². The molecule has 5 heteroatoms. The Morgan fingerprint density at radius 2 is 2.18 bits per heavy atom. The fourth-order valence-corrected chi connectivity index (χ4v) is 3.14. The van der Waals surface area contributed by atoms with E-state index in [1.807, 2.05) is 10.3 Å². The van der Waals surface area contributed by atoms with Gasteiger partial charge >= 0.3 is 0 Å². The Balaban J connectivity index is 2.08. The number of nitrogens with two attached hydrogens (primary N) is 1. The van der Waals surface area contributed by atoms with E-state index in [9.17, 15) is 4.79 Å². The fraction of sp³-hybridized carbons (Fsp3) is 0.667. The van der Waals surface area contributed by atoms with Gasteiger partial charge in [0.25, 0.3) is 5.91 Å². The Hall–Kier alpha value is -0.940. The van der Waals surface area contributed by atoms with Crippen LogP contribution in [0.4, 0.5) is 0 Å². The Morgan fingerprint density at radius 3 is 2.71 bits per heavy atom. The second-order valence-corrected chi connectivity index (χ2v) is 5.93. The summed E-state index contributed by atoms with van der Waals surface area (Å²) in [6.45, 7) is 6.49. The third-order valence-corrected chi connectivity index (χ3v) is 3.97. The van der Waals surface area contributed by atoms with Gasteiger partial charge in [0, 0.05) is 25.0 Å². The van der Waals surface area contributed by atoms with Crippen molar-refractivity contribution in [1.29, 1.82) is 0 Å². The van der Waals surface area contributed by atoms with Gasteiger partial charge in [-0.05, 0) is 18.3 Å². The number of nitrogens with zero attached hydrogens (tertiary/aromatic N) is 2. The number of rotatable bonds is 2. The molecule has 4 nitrogen and oxygen atoms in total. The highest BCUT2D eigenvalue weighted by Crippen LogP contribution is 2.22. The average molecular weight is 253 g/mol. The largest absolute Gasteiger partial charge is 0.337 e. The van der Waals surface area contributed by atoms with Crippen LogP contribution in [0.3, 0.4) is 0 Å². The van der Waals surface area contributed by atoms with E-state index in [0.717, 1.165) is 18.1 Å². The first-order valence-electron chi connectivity index (χ1n) is 6.04. The van der Waals surface area contributed by atoms with Crippen LogP contribution in [-0.2, 0) is 6.54 Å². The average Bonchev–Trinajstić information content (AvgIpc) is 2.75. The monoisotopic (exact) mass is 253 g/mol. The number of thiazole rings is 1. The zero-order valence-electron chi connectivity index (χ0n) is 10.3. The number of carbonyl (C=O) groups is 1. The van der Waals surface area contributed by atoms with Gasteiger partial charge in [-0.1, -0.05) is 13.8 Å². The maximum atomic E-state index is 12.2. The number of likely N-dealkylation sites (tertiary alicyclic amines) is 1. The molecule has 0 radical (unpaired) electrons. The molecule has 94 valence electrons. The molecular formula is C12H19N3OS. The number of piperidine rings is 1. The van der Waals surface area contributed by atoms with E-state index in [4.69, 9.17) is 5.73 Å². The van der Waals surface area contributed by atoms with E-state index < -0.39 is 0 Å². The minimum atomic E-state index is 0.0550. The molecule has 0 aromatic carbocycles. The highest BCUT2D eigenvalue weighted by atomic mass is 32.1. The van der Waals surface area contributed by atoms with Gasteiger partial charge in [-0.3, -0.25) is 4.79 Å². The Kier molecular flexibility index (Phi) is 3.79. The van der Waals surface area contributed by atoms with E-state index in [-0.39, 0.29) is 5.91 Å². The zero-order chi connectivity index (χ0) is 12.4. The summed E-state index contributed by atoms with van der Waals surface area (Å²) in [4.78, 5) is 18.4. The molecule has 1 aliphatic heterocycles. The van der Waals surface area contributed by atoms with E-state index in [0.29, 0.717) is 24.1 Å². The molecule has 0 bridgehead atoms. The maximum absolute atomic E-state index is 12.2. The van der Waals surface area contributed by atoms with Crippen LogP contribution in [-0.4, -0.2) is 28.9 Å². The molecule has 0 saturated carbocycles. The van der Waals surface area contributed by atoms with Crippen LogP contribution in [0.5, 0.6) is 0 Å². The number of hydrogen-bond donors (Lipinski definition) is 1. The van der Waals surface area contributed by atoms with Crippen molar-refractivity contribution in [3.63, 3.8) is 0 Å². The molecule has 0 aliphatic carbocycles. The second-order valence-electron chi connectivity index (χ2n) is 4.99. The normalized spacial score (nSPS) is 25.0. The molecule has 1 saturated heterocycles. The van der Waals surface area contributed by atoms with Crippen molar-refractivity contribution in [2.75, 3.05) is 13.1 Å². The molecule has 1 aromatic rings. The predicted octanol–water partition coefficient (Wildman–Crippen LogP) is 1.72. The second kappa shape index (κ2) is 5.14. The van der Waals surface area contributed by atoms with Gasteiger partial charge in [0.1, 0.15) is 10.7 Å². The summed E-state index contributed by atoms with van der Waals surface area (Å²) >= 11 is 1.46. The third-order valence-electron chi connectivity index (χ3n) is 3.10. The van der Waals surface area contributed by atoms with Gasteiger partial charge in [-0.15, -0.1) is 11.3 Å². The SMILES string of the molecule is CC1CC(C)CN(C(=O)c2csc(CN)n2)C1. The highest BCUT2D eigenvalue weighted by Gasteiger charge is 2.27. The fourth-order valence-electron chi connectivity index (χ4n) is 2.49. The standard InChI is InChI=1S/C12H19N3OS/c1-8-3-9(2)6-15(5-8)12(16)10-7-17-11(4-13)14-10/h7-9H,3-6,13H2,1-2H3. The van der Waals surface area contributed by atoms with Crippen molar-refractivity contribution in [3.05, 3.63) is 16.1 Å². The molecule has 1 amide bonds. The molecule has 17 heavy (non-hydrogen) atoms. The van der Waals surface area contributed by atoms with Crippen molar-refractivity contribution in [2.24, 2.45) is 17.6 Å². The highest BCUT2D eigenvalue weighted by molar-refractivity contribution is 7.09. The minimum Gasteiger partial charge on any atom is -0.337 e. The van der Waals surface area contributed by atoms with Crippen molar-refractivity contribution >= 4 is 17.2 Å². The van der Waals surface area contributed by atoms with Gasteiger partial charge in [0.05, 0.1) is 0 Å². The number of amides is 1. The third kappa shape index (κ3) is 2.84. The summed E-state index contributed by atoms with van der Waals surface area (Å²) in [5, 5.41) is 2.64. The summed E-state index contributed by atoms with van der Waals surface area (Å²) < 4.78 is 0. The lowest BCUT2D eigenvalue weighted by atomic mass is 9.92. The summed E-state index contributed by atoms with van der Waals surface area (Å²) in [6.07, 6.45) is 1.20. The summed E-state index contributed by atoms with van der Waals surface area (Å²) in [6, 6.07) is 0. The Labute approximate surface area is 106 Å². The predicted molar refractivity (Wildman–Crippen MR) is 68.9 cm³/mol. The first-order valence-corrected chi connectivity index (χ1v) is 6.92. The van der Waals surface area contributed by atoms with Crippen LogP contribution in [0.1, 0.15) is 35.8 Å². The zero-order valence-corrected chi connectivity index (χ0v) is 11.2. The lowest BCUT2D eigenvalue weighted by Crippen LogP contribution is -2.42. The molecule has 2 atom stereocenters. The maximum Gasteiger partial charge on any atom is 0.273 e.